The Balaban J connectivity index is 2.29. The molecule has 0 aliphatic heterocycles. The summed E-state index contributed by atoms with van der Waals surface area (Å²) in [4.78, 5) is 19.1. The Morgan fingerprint density at radius 3 is 2.47 bits per heavy atom. The van der Waals surface area contributed by atoms with Gasteiger partial charge in [-0.1, -0.05) is 18.2 Å². The van der Waals surface area contributed by atoms with Crippen molar-refractivity contribution in [2.24, 2.45) is 0 Å². The van der Waals surface area contributed by atoms with Crippen molar-refractivity contribution >= 4 is 5.97 Å². The van der Waals surface area contributed by atoms with Gasteiger partial charge in [0.2, 0.25) is 0 Å². The first-order valence-electron chi connectivity index (χ1n) is 5.84. The standard InChI is InChI=1S/C14H14N2O3/c1-9-7-10(2)16-14(15-9)19-12-6-4-3-5-11(12)8-13(17)18/h3-7H,8H2,1-2H3,(H,17,18). The third-order valence-corrected chi connectivity index (χ3v) is 2.48. The number of carbonyl (C=O) groups is 1. The summed E-state index contributed by atoms with van der Waals surface area (Å²) in [6.07, 6.45) is -0.0963. The minimum absolute atomic E-state index is 0.0963. The topological polar surface area (TPSA) is 72.3 Å². The van der Waals surface area contributed by atoms with E-state index in [0.29, 0.717) is 11.3 Å². The lowest BCUT2D eigenvalue weighted by Crippen LogP contribution is -2.03. The number of aryl methyl sites for hydroxylation is 2. The number of carboxylic acid groups (broad SMARTS) is 1. The van der Waals surface area contributed by atoms with Crippen molar-refractivity contribution in [2.75, 3.05) is 0 Å². The Morgan fingerprint density at radius 2 is 1.84 bits per heavy atom. The number of aromatic nitrogens is 2. The normalized spacial score (nSPS) is 10.2. The Kier molecular flexibility index (Phi) is 3.75. The van der Waals surface area contributed by atoms with Crippen molar-refractivity contribution in [3.05, 3.63) is 47.3 Å². The summed E-state index contributed by atoms with van der Waals surface area (Å²) >= 11 is 0. The summed E-state index contributed by atoms with van der Waals surface area (Å²) in [5, 5.41) is 8.86. The van der Waals surface area contributed by atoms with E-state index >= 15 is 0 Å². The van der Waals surface area contributed by atoms with Crippen LogP contribution in [0.3, 0.4) is 0 Å². The van der Waals surface area contributed by atoms with Crippen molar-refractivity contribution in [1.82, 2.24) is 9.97 Å². The number of benzene rings is 1. The van der Waals surface area contributed by atoms with E-state index in [1.54, 1.807) is 24.3 Å². The molecule has 0 fully saturated rings. The second-order valence-corrected chi connectivity index (χ2v) is 4.21. The van der Waals surface area contributed by atoms with Crippen molar-refractivity contribution in [3.63, 3.8) is 0 Å². The van der Waals surface area contributed by atoms with Gasteiger partial charge in [0.25, 0.3) is 0 Å². The molecule has 0 aliphatic rings. The van der Waals surface area contributed by atoms with Crippen molar-refractivity contribution in [3.8, 4) is 11.8 Å². The maximum Gasteiger partial charge on any atom is 0.322 e. The monoisotopic (exact) mass is 258 g/mol. The quantitative estimate of drug-likeness (QED) is 0.912. The van der Waals surface area contributed by atoms with Gasteiger partial charge < -0.3 is 9.84 Å². The average molecular weight is 258 g/mol. The van der Waals surface area contributed by atoms with Gasteiger partial charge >= 0.3 is 12.0 Å². The maximum atomic E-state index is 10.8. The lowest BCUT2D eigenvalue weighted by atomic mass is 10.1. The first kappa shape index (κ1) is 13.0. The molecular weight excluding hydrogens is 244 g/mol. The zero-order valence-electron chi connectivity index (χ0n) is 10.8. The zero-order valence-corrected chi connectivity index (χ0v) is 10.8. The van der Waals surface area contributed by atoms with Crippen molar-refractivity contribution in [2.45, 2.75) is 20.3 Å². The van der Waals surface area contributed by atoms with Crippen LogP contribution in [0, 0.1) is 13.8 Å². The molecule has 98 valence electrons. The fraction of sp³-hybridized carbons (Fsp3) is 0.214. The number of carboxylic acids is 1. The van der Waals surface area contributed by atoms with Crippen LogP contribution in [0.2, 0.25) is 0 Å². The highest BCUT2D eigenvalue weighted by atomic mass is 16.5. The smallest absolute Gasteiger partial charge is 0.322 e. The summed E-state index contributed by atoms with van der Waals surface area (Å²) in [6.45, 7) is 3.70. The average Bonchev–Trinajstić information content (AvgIpc) is 2.29. The number of nitrogens with zero attached hydrogens (tertiary/aromatic N) is 2. The van der Waals surface area contributed by atoms with Gasteiger partial charge in [-0.3, -0.25) is 4.79 Å². The first-order chi connectivity index (χ1) is 9.04. The van der Waals surface area contributed by atoms with Crippen LogP contribution in [0.1, 0.15) is 17.0 Å². The highest BCUT2D eigenvalue weighted by Crippen LogP contribution is 2.23. The molecular formula is C14H14N2O3. The third kappa shape index (κ3) is 3.51. The van der Waals surface area contributed by atoms with E-state index in [-0.39, 0.29) is 12.4 Å². The van der Waals surface area contributed by atoms with Crippen molar-refractivity contribution in [1.29, 1.82) is 0 Å². The summed E-state index contributed by atoms with van der Waals surface area (Å²) in [6, 6.07) is 9.05. The highest BCUT2D eigenvalue weighted by molar-refractivity contribution is 5.71. The molecule has 2 aromatic rings. The molecule has 1 aromatic carbocycles. The SMILES string of the molecule is Cc1cc(C)nc(Oc2ccccc2CC(=O)O)n1. The molecule has 0 atom stereocenters. The predicted molar refractivity (Wildman–Crippen MR) is 69.4 cm³/mol. The molecule has 0 aliphatic carbocycles. The molecule has 0 amide bonds. The van der Waals surface area contributed by atoms with Gasteiger partial charge in [-0.05, 0) is 26.0 Å². The van der Waals surface area contributed by atoms with Crippen LogP contribution in [0.25, 0.3) is 0 Å². The Labute approximate surface area is 110 Å². The van der Waals surface area contributed by atoms with Crippen LogP contribution in [-0.2, 0) is 11.2 Å². The minimum atomic E-state index is -0.905. The fourth-order valence-electron chi connectivity index (χ4n) is 1.75. The third-order valence-electron chi connectivity index (χ3n) is 2.48. The molecule has 0 unspecified atom stereocenters. The van der Waals surface area contributed by atoms with Crippen LogP contribution in [0.5, 0.6) is 11.8 Å². The van der Waals surface area contributed by atoms with E-state index in [1.807, 2.05) is 19.9 Å². The van der Waals surface area contributed by atoms with Crippen LogP contribution in [-0.4, -0.2) is 21.0 Å². The maximum absolute atomic E-state index is 10.8. The zero-order chi connectivity index (χ0) is 13.8. The summed E-state index contributed by atoms with van der Waals surface area (Å²) in [7, 11) is 0. The van der Waals surface area contributed by atoms with Crippen LogP contribution in [0.15, 0.2) is 30.3 Å². The van der Waals surface area contributed by atoms with E-state index < -0.39 is 5.97 Å². The Hall–Kier alpha value is -2.43. The van der Waals surface area contributed by atoms with E-state index in [0.717, 1.165) is 11.4 Å². The van der Waals surface area contributed by atoms with E-state index in [4.69, 9.17) is 9.84 Å². The molecule has 1 N–H and O–H groups in total. The van der Waals surface area contributed by atoms with Crippen LogP contribution < -0.4 is 4.74 Å². The molecule has 5 heteroatoms. The molecule has 1 heterocycles. The van der Waals surface area contributed by atoms with Crippen molar-refractivity contribution < 1.29 is 14.6 Å². The molecule has 0 spiro atoms. The number of ether oxygens (including phenoxy) is 1. The number of aliphatic carboxylic acids is 1. The lowest BCUT2D eigenvalue weighted by Gasteiger charge is -2.09. The molecule has 0 saturated heterocycles. The van der Waals surface area contributed by atoms with E-state index in [2.05, 4.69) is 9.97 Å². The number of hydrogen-bond donors (Lipinski definition) is 1. The highest BCUT2D eigenvalue weighted by Gasteiger charge is 2.10. The summed E-state index contributed by atoms with van der Waals surface area (Å²) < 4.78 is 5.59. The predicted octanol–water partition coefficient (Wildman–Crippen LogP) is 2.51. The number of hydrogen-bond acceptors (Lipinski definition) is 4. The van der Waals surface area contributed by atoms with Gasteiger partial charge in [0.1, 0.15) is 5.75 Å². The molecule has 0 bridgehead atoms. The summed E-state index contributed by atoms with van der Waals surface area (Å²) in [5.74, 6) is -0.438. The molecule has 5 nitrogen and oxygen atoms in total. The van der Waals surface area contributed by atoms with Crippen LogP contribution >= 0.6 is 0 Å². The lowest BCUT2D eigenvalue weighted by molar-refractivity contribution is -0.136. The van der Waals surface area contributed by atoms with Gasteiger partial charge in [-0.15, -0.1) is 0 Å². The van der Waals surface area contributed by atoms with Gasteiger partial charge in [0, 0.05) is 17.0 Å². The molecule has 19 heavy (non-hydrogen) atoms. The molecule has 0 saturated carbocycles. The summed E-state index contributed by atoms with van der Waals surface area (Å²) in [5.41, 5.74) is 2.20. The van der Waals surface area contributed by atoms with E-state index in [1.165, 1.54) is 0 Å². The minimum Gasteiger partial charge on any atom is -0.481 e. The first-order valence-corrected chi connectivity index (χ1v) is 5.84. The Bertz CT molecular complexity index is 591. The second-order valence-electron chi connectivity index (χ2n) is 4.21. The number of rotatable bonds is 4. The molecule has 1 aromatic heterocycles. The van der Waals surface area contributed by atoms with Gasteiger partial charge in [-0.2, -0.15) is 0 Å². The largest absolute Gasteiger partial charge is 0.481 e. The van der Waals surface area contributed by atoms with Crippen LogP contribution in [0.4, 0.5) is 0 Å². The number of para-hydroxylation sites is 1. The second kappa shape index (κ2) is 5.48. The fourth-order valence-corrected chi connectivity index (χ4v) is 1.75. The van der Waals surface area contributed by atoms with E-state index in [9.17, 15) is 4.79 Å². The van der Waals surface area contributed by atoms with Gasteiger partial charge in [0.15, 0.2) is 0 Å². The Morgan fingerprint density at radius 1 is 1.21 bits per heavy atom. The molecule has 2 rings (SSSR count). The van der Waals surface area contributed by atoms with Gasteiger partial charge in [0.05, 0.1) is 6.42 Å². The van der Waals surface area contributed by atoms with Gasteiger partial charge in [-0.25, -0.2) is 9.97 Å². The molecule has 0 radical (unpaired) electrons.